The standard InChI is InChI=1S/C20H29NO8S/c1-5-21(15-8-9-30(24,25)13-15)18(22)12-29-19(23)7-6-14-10-16(26-2)20(28-4)17(11-14)27-3/h10-11,15H,5-9,12-13H2,1-4H3. The normalized spacial score (nSPS) is 17.3. The summed E-state index contributed by atoms with van der Waals surface area (Å²) < 4.78 is 44.3. The number of carbonyl (C=O) groups excluding carboxylic acids is 2. The van der Waals surface area contributed by atoms with Gasteiger partial charge in [-0.25, -0.2) is 8.42 Å². The minimum Gasteiger partial charge on any atom is -0.493 e. The largest absolute Gasteiger partial charge is 0.493 e. The SMILES string of the molecule is CCN(C(=O)COC(=O)CCc1cc(OC)c(OC)c(OC)c1)C1CCS(=O)(=O)C1. The molecule has 30 heavy (non-hydrogen) atoms. The Balaban J connectivity index is 1.89. The van der Waals surface area contributed by atoms with Crippen LogP contribution in [0.4, 0.5) is 0 Å². The summed E-state index contributed by atoms with van der Waals surface area (Å²) in [7, 11) is 1.43. The number of hydrogen-bond donors (Lipinski definition) is 0. The third-order valence-electron chi connectivity index (χ3n) is 5.01. The molecule has 0 radical (unpaired) electrons. The molecule has 9 nitrogen and oxygen atoms in total. The summed E-state index contributed by atoms with van der Waals surface area (Å²) in [6.07, 6.45) is 0.842. The number of sulfone groups is 1. The summed E-state index contributed by atoms with van der Waals surface area (Å²) >= 11 is 0. The molecule has 0 spiro atoms. The maximum atomic E-state index is 12.4. The molecule has 0 aliphatic carbocycles. The smallest absolute Gasteiger partial charge is 0.306 e. The zero-order valence-electron chi connectivity index (χ0n) is 17.8. The van der Waals surface area contributed by atoms with Gasteiger partial charge in [-0.05, 0) is 37.5 Å². The van der Waals surface area contributed by atoms with E-state index in [1.54, 1.807) is 19.1 Å². The van der Waals surface area contributed by atoms with Crippen LogP contribution < -0.4 is 14.2 Å². The van der Waals surface area contributed by atoms with Crippen molar-refractivity contribution in [3.8, 4) is 17.2 Å². The topological polar surface area (TPSA) is 108 Å². The third-order valence-corrected chi connectivity index (χ3v) is 6.76. The van der Waals surface area contributed by atoms with Gasteiger partial charge in [-0.2, -0.15) is 0 Å². The number of esters is 1. The fourth-order valence-electron chi connectivity index (χ4n) is 3.48. The van der Waals surface area contributed by atoms with Gasteiger partial charge in [-0.3, -0.25) is 9.59 Å². The van der Waals surface area contributed by atoms with Crippen LogP contribution in [0.25, 0.3) is 0 Å². The molecule has 0 N–H and O–H groups in total. The number of benzene rings is 1. The van der Waals surface area contributed by atoms with Gasteiger partial charge in [-0.15, -0.1) is 0 Å². The molecule has 0 saturated carbocycles. The van der Waals surface area contributed by atoms with Gasteiger partial charge in [0.25, 0.3) is 5.91 Å². The minimum absolute atomic E-state index is 0.0400. The maximum absolute atomic E-state index is 12.4. The van der Waals surface area contributed by atoms with Crippen LogP contribution >= 0.6 is 0 Å². The van der Waals surface area contributed by atoms with Crippen molar-refractivity contribution >= 4 is 21.7 Å². The van der Waals surface area contributed by atoms with E-state index in [0.717, 1.165) is 5.56 Å². The molecule has 1 aromatic rings. The second-order valence-electron chi connectivity index (χ2n) is 6.93. The lowest BCUT2D eigenvalue weighted by Gasteiger charge is -2.26. The molecule has 1 saturated heterocycles. The highest BCUT2D eigenvalue weighted by atomic mass is 32.2. The van der Waals surface area contributed by atoms with Crippen molar-refractivity contribution in [3.63, 3.8) is 0 Å². The first kappa shape index (κ1) is 23.8. The van der Waals surface area contributed by atoms with Crippen LogP contribution in [-0.4, -0.2) is 77.2 Å². The van der Waals surface area contributed by atoms with E-state index in [0.29, 0.717) is 36.6 Å². The van der Waals surface area contributed by atoms with Crippen molar-refractivity contribution in [2.45, 2.75) is 32.2 Å². The van der Waals surface area contributed by atoms with E-state index in [1.165, 1.54) is 26.2 Å². The quantitative estimate of drug-likeness (QED) is 0.497. The van der Waals surface area contributed by atoms with Crippen molar-refractivity contribution in [1.29, 1.82) is 0 Å². The van der Waals surface area contributed by atoms with Gasteiger partial charge in [0.2, 0.25) is 5.75 Å². The molecular weight excluding hydrogens is 414 g/mol. The summed E-state index contributed by atoms with van der Waals surface area (Å²) in [6.45, 7) is 1.73. The number of nitrogens with zero attached hydrogens (tertiary/aromatic N) is 1. The fraction of sp³-hybridized carbons (Fsp3) is 0.600. The molecular formula is C20H29NO8S. The zero-order chi connectivity index (χ0) is 22.3. The van der Waals surface area contributed by atoms with Gasteiger partial charge in [0, 0.05) is 19.0 Å². The van der Waals surface area contributed by atoms with E-state index in [4.69, 9.17) is 18.9 Å². The highest BCUT2D eigenvalue weighted by molar-refractivity contribution is 7.91. The van der Waals surface area contributed by atoms with E-state index < -0.39 is 22.4 Å². The van der Waals surface area contributed by atoms with Crippen LogP contribution in [0.2, 0.25) is 0 Å². The molecule has 2 rings (SSSR count). The predicted octanol–water partition coefficient (Wildman–Crippen LogP) is 1.22. The highest BCUT2D eigenvalue weighted by Crippen LogP contribution is 2.38. The molecule has 1 atom stereocenters. The van der Waals surface area contributed by atoms with Crippen LogP contribution in [0.15, 0.2) is 12.1 Å². The first-order valence-corrected chi connectivity index (χ1v) is 11.5. The minimum atomic E-state index is -3.10. The lowest BCUT2D eigenvalue weighted by Crippen LogP contribution is -2.43. The number of aryl methyl sites for hydroxylation is 1. The van der Waals surface area contributed by atoms with Crippen molar-refractivity contribution in [1.82, 2.24) is 4.90 Å². The van der Waals surface area contributed by atoms with Gasteiger partial charge in [0.15, 0.2) is 27.9 Å². The van der Waals surface area contributed by atoms with Gasteiger partial charge in [-0.1, -0.05) is 0 Å². The summed E-state index contributed by atoms with van der Waals surface area (Å²) in [5, 5.41) is 0. The second-order valence-corrected chi connectivity index (χ2v) is 9.16. The van der Waals surface area contributed by atoms with E-state index >= 15 is 0 Å². The van der Waals surface area contributed by atoms with E-state index in [1.807, 2.05) is 0 Å². The average Bonchev–Trinajstić information content (AvgIpc) is 3.09. The Morgan fingerprint density at radius 3 is 2.20 bits per heavy atom. The zero-order valence-corrected chi connectivity index (χ0v) is 18.6. The summed E-state index contributed by atoms with van der Waals surface area (Å²) in [5.74, 6) is 0.567. The molecule has 0 bridgehead atoms. The molecule has 0 aromatic heterocycles. The van der Waals surface area contributed by atoms with Crippen molar-refractivity contribution in [2.75, 3.05) is 46.0 Å². The van der Waals surface area contributed by atoms with Crippen LogP contribution in [0.5, 0.6) is 17.2 Å². The predicted molar refractivity (Wildman–Crippen MR) is 110 cm³/mol. The number of carbonyl (C=O) groups is 2. The Morgan fingerprint density at radius 2 is 1.73 bits per heavy atom. The van der Waals surface area contributed by atoms with Crippen molar-refractivity contribution < 1.29 is 37.0 Å². The third kappa shape index (κ3) is 6.01. The average molecular weight is 444 g/mol. The Labute approximate surface area is 177 Å². The summed E-state index contributed by atoms with van der Waals surface area (Å²) in [6, 6.07) is 3.14. The molecule has 1 unspecified atom stereocenters. The van der Waals surface area contributed by atoms with Crippen LogP contribution in [0.1, 0.15) is 25.3 Å². The first-order valence-electron chi connectivity index (χ1n) is 9.69. The van der Waals surface area contributed by atoms with E-state index in [2.05, 4.69) is 0 Å². The lowest BCUT2D eigenvalue weighted by molar-refractivity contribution is -0.152. The lowest BCUT2D eigenvalue weighted by atomic mass is 10.1. The number of likely N-dealkylation sites (N-methyl/N-ethyl adjacent to an activating group) is 1. The second kappa shape index (κ2) is 10.5. The molecule has 168 valence electrons. The summed E-state index contributed by atoms with van der Waals surface area (Å²) in [5.41, 5.74) is 0.791. The van der Waals surface area contributed by atoms with Crippen molar-refractivity contribution in [3.05, 3.63) is 17.7 Å². The Kier molecular flexibility index (Phi) is 8.33. The molecule has 1 aliphatic rings. The number of rotatable bonds is 10. The number of amides is 1. The Morgan fingerprint density at radius 1 is 1.10 bits per heavy atom. The maximum Gasteiger partial charge on any atom is 0.306 e. The number of ether oxygens (including phenoxy) is 4. The monoisotopic (exact) mass is 443 g/mol. The van der Waals surface area contributed by atoms with Crippen LogP contribution in [0.3, 0.4) is 0 Å². The van der Waals surface area contributed by atoms with Gasteiger partial charge < -0.3 is 23.8 Å². The molecule has 1 aliphatic heterocycles. The number of hydrogen-bond acceptors (Lipinski definition) is 8. The van der Waals surface area contributed by atoms with Crippen molar-refractivity contribution in [2.24, 2.45) is 0 Å². The Hall–Kier alpha value is -2.49. The molecule has 1 heterocycles. The van der Waals surface area contributed by atoms with E-state index in [-0.39, 0.29) is 29.9 Å². The highest BCUT2D eigenvalue weighted by Gasteiger charge is 2.34. The summed E-state index contributed by atoms with van der Waals surface area (Å²) in [4.78, 5) is 26.0. The molecule has 1 amide bonds. The molecule has 1 aromatic carbocycles. The van der Waals surface area contributed by atoms with Gasteiger partial charge in [0.1, 0.15) is 0 Å². The Bertz CT molecular complexity index is 843. The van der Waals surface area contributed by atoms with Gasteiger partial charge in [0.05, 0.1) is 32.8 Å². The fourth-order valence-corrected chi connectivity index (χ4v) is 5.21. The van der Waals surface area contributed by atoms with E-state index in [9.17, 15) is 18.0 Å². The van der Waals surface area contributed by atoms with Crippen LogP contribution in [0, 0.1) is 0 Å². The molecule has 10 heteroatoms. The van der Waals surface area contributed by atoms with Gasteiger partial charge >= 0.3 is 5.97 Å². The first-order chi connectivity index (χ1) is 14.2. The van der Waals surface area contributed by atoms with Crippen LogP contribution in [-0.2, 0) is 30.6 Å². The number of methoxy groups -OCH3 is 3. The molecule has 1 fully saturated rings.